The first-order valence-electron chi connectivity index (χ1n) is 6.99. The van der Waals surface area contributed by atoms with Gasteiger partial charge >= 0.3 is 0 Å². The van der Waals surface area contributed by atoms with Gasteiger partial charge in [0.05, 0.1) is 11.6 Å². The van der Waals surface area contributed by atoms with E-state index >= 15 is 0 Å². The van der Waals surface area contributed by atoms with Crippen LogP contribution in [0.15, 0.2) is 18.2 Å². The fraction of sp³-hybridized carbons (Fsp3) is 0.562. The van der Waals surface area contributed by atoms with E-state index < -0.39 is 0 Å². The zero-order valence-corrected chi connectivity index (χ0v) is 11.7. The molecule has 0 amide bonds. The van der Waals surface area contributed by atoms with Crippen molar-refractivity contribution in [1.29, 1.82) is 5.26 Å². The summed E-state index contributed by atoms with van der Waals surface area (Å²) >= 11 is 0. The van der Waals surface area contributed by atoms with E-state index in [4.69, 9.17) is 5.26 Å². The summed E-state index contributed by atoms with van der Waals surface area (Å²) < 4.78 is 13.8. The molecule has 0 N–H and O–H groups in total. The van der Waals surface area contributed by atoms with Crippen LogP contribution < -0.4 is 0 Å². The molecule has 102 valence electrons. The average molecular weight is 260 g/mol. The number of nitrogens with zero attached hydrogens (tertiary/aromatic N) is 2. The normalized spacial score (nSPS) is 23.3. The Morgan fingerprint density at radius 3 is 2.63 bits per heavy atom. The van der Waals surface area contributed by atoms with Gasteiger partial charge in [-0.2, -0.15) is 5.26 Å². The van der Waals surface area contributed by atoms with Crippen LogP contribution in [0.5, 0.6) is 0 Å². The van der Waals surface area contributed by atoms with Gasteiger partial charge in [-0.3, -0.25) is 4.90 Å². The summed E-state index contributed by atoms with van der Waals surface area (Å²) in [6.45, 7) is 2.88. The molecule has 2 nitrogen and oxygen atoms in total. The lowest BCUT2D eigenvalue weighted by Crippen LogP contribution is -2.34. The minimum atomic E-state index is -0.213. The van der Waals surface area contributed by atoms with Crippen LogP contribution >= 0.6 is 0 Å². The SMILES string of the molecule is CC1CCC(N(C)Cc2cc(C#N)ccc2F)CC1. The number of rotatable bonds is 3. The summed E-state index contributed by atoms with van der Waals surface area (Å²) in [5.74, 6) is 0.610. The van der Waals surface area contributed by atoms with Gasteiger partial charge < -0.3 is 0 Å². The van der Waals surface area contributed by atoms with Crippen molar-refractivity contribution < 1.29 is 4.39 Å². The van der Waals surface area contributed by atoms with Gasteiger partial charge in [-0.25, -0.2) is 4.39 Å². The van der Waals surface area contributed by atoms with Crippen LogP contribution in [0.3, 0.4) is 0 Å². The molecular weight excluding hydrogens is 239 g/mol. The van der Waals surface area contributed by atoms with E-state index in [1.807, 2.05) is 0 Å². The summed E-state index contributed by atoms with van der Waals surface area (Å²) in [6, 6.07) is 7.20. The second-order valence-electron chi connectivity index (χ2n) is 5.75. The van der Waals surface area contributed by atoms with Crippen molar-refractivity contribution in [1.82, 2.24) is 4.90 Å². The summed E-state index contributed by atoms with van der Waals surface area (Å²) in [7, 11) is 2.05. The fourth-order valence-electron chi connectivity index (χ4n) is 2.85. The zero-order valence-electron chi connectivity index (χ0n) is 11.7. The first-order chi connectivity index (χ1) is 9.10. The number of nitriles is 1. The number of hydrogen-bond donors (Lipinski definition) is 0. The molecule has 3 heteroatoms. The van der Waals surface area contributed by atoms with Gasteiger partial charge in [0.25, 0.3) is 0 Å². The third-order valence-electron chi connectivity index (χ3n) is 4.20. The molecule has 1 aromatic carbocycles. The van der Waals surface area contributed by atoms with E-state index in [0.717, 1.165) is 5.92 Å². The largest absolute Gasteiger partial charge is 0.299 e. The lowest BCUT2D eigenvalue weighted by atomic mass is 9.86. The second-order valence-corrected chi connectivity index (χ2v) is 5.75. The smallest absolute Gasteiger partial charge is 0.127 e. The molecule has 0 radical (unpaired) electrons. The molecule has 1 fully saturated rings. The Hall–Kier alpha value is -1.40. The van der Waals surface area contributed by atoms with Gasteiger partial charge in [-0.1, -0.05) is 6.92 Å². The van der Waals surface area contributed by atoms with E-state index in [9.17, 15) is 4.39 Å². The lowest BCUT2D eigenvalue weighted by molar-refractivity contribution is 0.162. The first-order valence-corrected chi connectivity index (χ1v) is 6.99. The van der Waals surface area contributed by atoms with Gasteiger partial charge in [0.15, 0.2) is 0 Å². The van der Waals surface area contributed by atoms with E-state index in [1.165, 1.54) is 37.8 Å². The van der Waals surface area contributed by atoms with Crippen molar-refractivity contribution in [2.24, 2.45) is 5.92 Å². The molecule has 0 saturated heterocycles. The molecular formula is C16H21FN2. The summed E-state index contributed by atoms with van der Waals surface area (Å²) in [5, 5.41) is 8.88. The summed E-state index contributed by atoms with van der Waals surface area (Å²) in [5.41, 5.74) is 1.15. The molecule has 1 aliphatic rings. The van der Waals surface area contributed by atoms with Gasteiger partial charge in [0.1, 0.15) is 5.82 Å². The fourth-order valence-corrected chi connectivity index (χ4v) is 2.85. The average Bonchev–Trinajstić information content (AvgIpc) is 2.42. The molecule has 0 spiro atoms. The van der Waals surface area contributed by atoms with Crippen molar-refractivity contribution in [2.75, 3.05) is 7.05 Å². The highest BCUT2D eigenvalue weighted by molar-refractivity contribution is 5.33. The highest BCUT2D eigenvalue weighted by Gasteiger charge is 2.22. The molecule has 1 aromatic rings. The number of hydrogen-bond acceptors (Lipinski definition) is 2. The van der Waals surface area contributed by atoms with Gasteiger partial charge in [-0.15, -0.1) is 0 Å². The van der Waals surface area contributed by atoms with E-state index in [2.05, 4.69) is 24.9 Å². The second kappa shape index (κ2) is 6.16. The van der Waals surface area contributed by atoms with E-state index in [-0.39, 0.29) is 5.82 Å². The quantitative estimate of drug-likeness (QED) is 0.828. The van der Waals surface area contributed by atoms with Gasteiger partial charge in [0, 0.05) is 18.2 Å². The van der Waals surface area contributed by atoms with Crippen LogP contribution in [0.25, 0.3) is 0 Å². The summed E-state index contributed by atoms with van der Waals surface area (Å²) in [4.78, 5) is 2.23. The molecule has 0 heterocycles. The Kier molecular flexibility index (Phi) is 4.55. The molecule has 0 bridgehead atoms. The standard InChI is InChI=1S/C16H21FN2/c1-12-3-6-15(7-4-12)19(2)11-14-9-13(10-18)5-8-16(14)17/h5,8-9,12,15H,3-4,6-7,11H2,1-2H3. The Labute approximate surface area is 114 Å². The van der Waals surface area contributed by atoms with Crippen molar-refractivity contribution >= 4 is 0 Å². The maximum atomic E-state index is 13.8. The molecule has 0 aromatic heterocycles. The molecule has 0 atom stereocenters. The van der Waals surface area contributed by atoms with Crippen LogP contribution in [0.2, 0.25) is 0 Å². The van der Waals surface area contributed by atoms with Crippen LogP contribution in [0.1, 0.15) is 43.7 Å². The van der Waals surface area contributed by atoms with Crippen molar-refractivity contribution in [3.05, 3.63) is 35.1 Å². The maximum absolute atomic E-state index is 13.8. The van der Waals surface area contributed by atoms with Crippen LogP contribution in [0.4, 0.5) is 4.39 Å². The number of benzene rings is 1. The monoisotopic (exact) mass is 260 g/mol. The van der Waals surface area contributed by atoms with E-state index in [0.29, 0.717) is 23.7 Å². The Balaban J connectivity index is 2.02. The highest BCUT2D eigenvalue weighted by Crippen LogP contribution is 2.27. The molecule has 0 unspecified atom stereocenters. The third kappa shape index (κ3) is 3.54. The molecule has 0 aliphatic heterocycles. The van der Waals surface area contributed by atoms with E-state index in [1.54, 1.807) is 6.07 Å². The van der Waals surface area contributed by atoms with Gasteiger partial charge in [0.2, 0.25) is 0 Å². The number of halogens is 1. The Morgan fingerprint density at radius 1 is 1.32 bits per heavy atom. The predicted molar refractivity (Wildman–Crippen MR) is 74.0 cm³/mol. The zero-order chi connectivity index (χ0) is 13.8. The predicted octanol–water partition coefficient (Wildman–Crippen LogP) is 3.71. The minimum Gasteiger partial charge on any atom is -0.299 e. The molecule has 1 aliphatic carbocycles. The molecule has 19 heavy (non-hydrogen) atoms. The molecule has 1 saturated carbocycles. The summed E-state index contributed by atoms with van der Waals surface area (Å²) in [6.07, 6.45) is 4.90. The van der Waals surface area contributed by atoms with Crippen LogP contribution in [-0.4, -0.2) is 18.0 Å². The van der Waals surface area contributed by atoms with Crippen molar-refractivity contribution in [3.63, 3.8) is 0 Å². The van der Waals surface area contributed by atoms with Crippen LogP contribution in [0, 0.1) is 23.1 Å². The first kappa shape index (κ1) is 14.0. The Bertz CT molecular complexity index is 470. The molecule has 2 rings (SSSR count). The minimum absolute atomic E-state index is 0.213. The Morgan fingerprint density at radius 2 is 2.00 bits per heavy atom. The lowest BCUT2D eigenvalue weighted by Gasteiger charge is -2.33. The van der Waals surface area contributed by atoms with Crippen LogP contribution in [-0.2, 0) is 6.54 Å². The topological polar surface area (TPSA) is 27.0 Å². The van der Waals surface area contributed by atoms with Gasteiger partial charge in [-0.05, 0) is 56.8 Å². The van der Waals surface area contributed by atoms with Crippen molar-refractivity contribution in [2.45, 2.75) is 45.2 Å². The maximum Gasteiger partial charge on any atom is 0.127 e. The highest BCUT2D eigenvalue weighted by atomic mass is 19.1. The third-order valence-corrected chi connectivity index (χ3v) is 4.20. The van der Waals surface area contributed by atoms with Crippen molar-refractivity contribution in [3.8, 4) is 6.07 Å².